The van der Waals surface area contributed by atoms with Crippen LogP contribution in [0.5, 0.6) is 0 Å². The summed E-state index contributed by atoms with van der Waals surface area (Å²) in [6, 6.07) is 9.09. The largest absolute Gasteiger partial charge is 0.416 e. The second-order valence-corrected chi connectivity index (χ2v) is 15.4. The molecule has 260 valence electrons. The molecule has 6 heterocycles. The normalized spacial score (nSPS) is 22.7. The topological polar surface area (TPSA) is 114 Å². The van der Waals surface area contributed by atoms with E-state index in [4.69, 9.17) is 14.8 Å². The molecular formula is C32H41F3N8O4S. The highest BCUT2D eigenvalue weighted by molar-refractivity contribution is 7.88. The predicted octanol–water partition coefficient (Wildman–Crippen LogP) is 2.81. The lowest BCUT2D eigenvalue weighted by Crippen LogP contribution is -2.51. The first-order valence-electron chi connectivity index (χ1n) is 16.2. The molecule has 7 rings (SSSR count). The Balaban J connectivity index is 1.04. The van der Waals surface area contributed by atoms with Crippen molar-refractivity contribution in [3.8, 4) is 11.3 Å². The van der Waals surface area contributed by atoms with E-state index >= 15 is 0 Å². The molecular weight excluding hydrogens is 649 g/mol. The highest BCUT2D eigenvalue weighted by Crippen LogP contribution is 2.47. The number of anilines is 3. The molecule has 2 aromatic heterocycles. The average molecular weight is 691 g/mol. The van der Waals surface area contributed by atoms with Crippen LogP contribution in [0.1, 0.15) is 29.7 Å². The number of alkyl halides is 3. The zero-order chi connectivity index (χ0) is 34.1. The zero-order valence-corrected chi connectivity index (χ0v) is 28.2. The predicted molar refractivity (Wildman–Crippen MR) is 175 cm³/mol. The third-order valence-corrected chi connectivity index (χ3v) is 11.1. The van der Waals surface area contributed by atoms with Crippen LogP contribution in [-0.4, -0.2) is 116 Å². The Bertz CT molecular complexity index is 1780. The summed E-state index contributed by atoms with van der Waals surface area (Å²) >= 11 is 0. The van der Waals surface area contributed by atoms with Gasteiger partial charge < -0.3 is 29.4 Å². The van der Waals surface area contributed by atoms with Gasteiger partial charge in [0, 0.05) is 83.2 Å². The molecule has 2 unspecified atom stereocenters. The van der Waals surface area contributed by atoms with Gasteiger partial charge >= 0.3 is 6.18 Å². The maximum atomic E-state index is 13.2. The van der Waals surface area contributed by atoms with E-state index in [-0.39, 0.29) is 38.1 Å². The highest BCUT2D eigenvalue weighted by Gasteiger charge is 2.54. The molecule has 4 aliphatic rings. The van der Waals surface area contributed by atoms with Crippen LogP contribution in [0, 0.1) is 0 Å². The zero-order valence-electron chi connectivity index (χ0n) is 27.4. The van der Waals surface area contributed by atoms with Gasteiger partial charge in [-0.15, -0.1) is 0 Å². The average Bonchev–Trinajstić information content (AvgIpc) is 3.76. The molecule has 2 saturated heterocycles. The number of aliphatic hydroxyl groups excluding tert-OH is 1. The number of pyridine rings is 1. The number of sulfonamides is 1. The number of epoxide rings is 1. The monoisotopic (exact) mass is 690 g/mol. The number of rotatable bonds is 8. The Morgan fingerprint density at radius 1 is 1.04 bits per heavy atom. The van der Waals surface area contributed by atoms with Gasteiger partial charge in [-0.1, -0.05) is 12.1 Å². The van der Waals surface area contributed by atoms with Crippen LogP contribution in [0.2, 0.25) is 0 Å². The van der Waals surface area contributed by atoms with Crippen LogP contribution >= 0.6 is 0 Å². The van der Waals surface area contributed by atoms with Gasteiger partial charge in [0.05, 0.1) is 35.8 Å². The van der Waals surface area contributed by atoms with Crippen molar-refractivity contribution in [2.75, 3.05) is 68.3 Å². The van der Waals surface area contributed by atoms with Gasteiger partial charge in [-0.05, 0) is 37.1 Å². The summed E-state index contributed by atoms with van der Waals surface area (Å²) in [6.07, 6.45) is -1.96. The first-order chi connectivity index (χ1) is 22.7. The number of benzene rings is 1. The summed E-state index contributed by atoms with van der Waals surface area (Å²) < 4.78 is 73.6. The van der Waals surface area contributed by atoms with Gasteiger partial charge in [0.2, 0.25) is 10.0 Å². The number of fused-ring (bicyclic) bond motifs is 3. The van der Waals surface area contributed by atoms with Crippen LogP contribution in [0.3, 0.4) is 0 Å². The van der Waals surface area contributed by atoms with E-state index in [1.54, 1.807) is 4.68 Å². The van der Waals surface area contributed by atoms with E-state index in [9.17, 15) is 26.7 Å². The lowest BCUT2D eigenvalue weighted by atomic mass is 10.0. The first-order valence-corrected chi connectivity index (χ1v) is 18.0. The molecule has 0 bridgehead atoms. The van der Waals surface area contributed by atoms with Gasteiger partial charge in [-0.25, -0.2) is 13.4 Å². The molecule has 0 aliphatic carbocycles. The van der Waals surface area contributed by atoms with Gasteiger partial charge in [-0.2, -0.15) is 22.6 Å². The Labute approximate surface area is 278 Å². The fourth-order valence-corrected chi connectivity index (χ4v) is 8.04. The second kappa shape index (κ2) is 12.2. The molecule has 0 radical (unpaired) electrons. The molecule has 16 heteroatoms. The van der Waals surface area contributed by atoms with E-state index in [2.05, 4.69) is 20.8 Å². The Kier molecular flexibility index (Phi) is 8.38. The number of hydrogen-bond donors (Lipinski definition) is 1. The SMILES string of the molecule is CN(C)c1ccc2c(n1)N(C1CCN(C[C@H](O)Cn3nc(-c4ccc(C(F)(F)F)cc4)c4c3CCN(S(C)(=O)=O)C4)CC1)C1OC1N2C. The van der Waals surface area contributed by atoms with Crippen molar-refractivity contribution in [3.63, 3.8) is 0 Å². The molecule has 48 heavy (non-hydrogen) atoms. The van der Waals surface area contributed by atoms with Crippen molar-refractivity contribution in [1.29, 1.82) is 0 Å². The Hall–Kier alpha value is -3.44. The van der Waals surface area contributed by atoms with Crippen molar-refractivity contribution in [2.24, 2.45) is 0 Å². The molecule has 1 N–H and O–H groups in total. The van der Waals surface area contributed by atoms with Gasteiger partial charge in [-0.3, -0.25) is 4.68 Å². The molecule has 1 aromatic carbocycles. The third-order valence-electron chi connectivity index (χ3n) is 9.88. The fourth-order valence-electron chi connectivity index (χ4n) is 7.25. The van der Waals surface area contributed by atoms with Crippen LogP contribution < -0.4 is 14.7 Å². The molecule has 3 aromatic rings. The van der Waals surface area contributed by atoms with Gasteiger partial charge in [0.25, 0.3) is 0 Å². The Morgan fingerprint density at radius 2 is 1.75 bits per heavy atom. The number of aliphatic hydroxyl groups is 1. The van der Waals surface area contributed by atoms with Crippen molar-refractivity contribution in [3.05, 3.63) is 53.2 Å². The first kappa shape index (κ1) is 33.1. The Morgan fingerprint density at radius 3 is 2.40 bits per heavy atom. The van der Waals surface area contributed by atoms with E-state index < -0.39 is 27.9 Å². The fraction of sp³-hybridized carbons (Fsp3) is 0.562. The molecule has 0 amide bonds. The summed E-state index contributed by atoms with van der Waals surface area (Å²) in [5.74, 6) is 1.82. The number of nitrogens with zero attached hydrogens (tertiary/aromatic N) is 8. The van der Waals surface area contributed by atoms with E-state index in [0.29, 0.717) is 29.8 Å². The molecule has 12 nitrogen and oxygen atoms in total. The number of β-amino-alcohol motifs (C(OH)–C–C–N with tert-alkyl or cyclic N) is 1. The number of hydrogen-bond acceptors (Lipinski definition) is 10. The minimum atomic E-state index is -4.47. The van der Waals surface area contributed by atoms with Crippen molar-refractivity contribution < 1.29 is 31.4 Å². The quantitative estimate of drug-likeness (QED) is 0.354. The van der Waals surface area contributed by atoms with Crippen LogP contribution in [-0.2, 0) is 40.4 Å². The lowest BCUT2D eigenvalue weighted by Gasteiger charge is -2.42. The summed E-state index contributed by atoms with van der Waals surface area (Å²) in [7, 11) is 2.49. The molecule has 4 aliphatic heterocycles. The maximum Gasteiger partial charge on any atom is 0.416 e. The second-order valence-electron chi connectivity index (χ2n) is 13.4. The third kappa shape index (κ3) is 6.24. The van der Waals surface area contributed by atoms with E-state index in [1.807, 2.05) is 32.1 Å². The number of aromatic nitrogens is 3. The van der Waals surface area contributed by atoms with Crippen molar-refractivity contribution in [1.82, 2.24) is 24.0 Å². The summed E-state index contributed by atoms with van der Waals surface area (Å²) in [5, 5.41) is 16.0. The van der Waals surface area contributed by atoms with Crippen molar-refractivity contribution in [2.45, 2.75) is 63.1 Å². The van der Waals surface area contributed by atoms with Crippen molar-refractivity contribution >= 4 is 27.3 Å². The maximum absolute atomic E-state index is 13.2. The molecule has 0 saturated carbocycles. The van der Waals surface area contributed by atoms with Gasteiger partial charge in [0.1, 0.15) is 5.82 Å². The number of piperidine rings is 1. The van der Waals surface area contributed by atoms with Crippen LogP contribution in [0.4, 0.5) is 30.5 Å². The summed E-state index contributed by atoms with van der Waals surface area (Å²) in [6.45, 7) is 2.51. The standard InChI is InChI=1S/C32H41F3N8O4S/c1-38(2)27-10-9-26-29(36-27)43(31-30(47-31)39(26)3)22-11-14-40(15-12-22)17-23(44)18-42-25-13-16-41(48(4,45)46)19-24(25)28(37-42)20-5-7-21(8-6-20)32(33,34)35/h5-10,22-23,30-31,44H,11-19H2,1-4H3/t23-,30?,31?/m0/s1. The summed E-state index contributed by atoms with van der Waals surface area (Å²) in [5.41, 5.74) is 2.62. The minimum Gasteiger partial charge on any atom is -0.390 e. The highest BCUT2D eigenvalue weighted by atomic mass is 32.2. The number of halogens is 3. The summed E-state index contributed by atoms with van der Waals surface area (Å²) in [4.78, 5) is 13.7. The van der Waals surface area contributed by atoms with E-state index in [0.717, 1.165) is 67.3 Å². The minimum absolute atomic E-state index is 0.0151. The number of likely N-dealkylation sites (tertiary alicyclic amines) is 1. The molecule has 3 atom stereocenters. The van der Waals surface area contributed by atoms with E-state index in [1.165, 1.54) is 16.4 Å². The molecule has 0 spiro atoms. The van der Waals surface area contributed by atoms with Gasteiger partial charge in [0.15, 0.2) is 18.3 Å². The lowest BCUT2D eigenvalue weighted by molar-refractivity contribution is -0.137. The van der Waals surface area contributed by atoms with Crippen LogP contribution in [0.25, 0.3) is 11.3 Å². The van der Waals surface area contributed by atoms with Crippen LogP contribution in [0.15, 0.2) is 36.4 Å². The number of likely N-dealkylation sites (N-methyl/N-ethyl adjacent to an activating group) is 1. The molecule has 2 fully saturated rings. The smallest absolute Gasteiger partial charge is 0.390 e. The number of ether oxygens (including phenoxy) is 1.